The summed E-state index contributed by atoms with van der Waals surface area (Å²) < 4.78 is 29.6. The molecule has 0 spiro atoms. The van der Waals surface area contributed by atoms with Gasteiger partial charge in [-0.15, -0.1) is 0 Å². The third kappa shape index (κ3) is 7.30. The SMILES string of the molecule is CC(C)c1ccc(-c2noc(CCC(=O)NCCCS(=O)(=O)Cc3ccccc3)n2)cc1. The number of carbonyl (C=O) groups is 1. The number of carbonyl (C=O) groups excluding carboxylic acids is 1. The van der Waals surface area contributed by atoms with E-state index in [0.717, 1.165) is 11.1 Å². The Morgan fingerprint density at radius 1 is 1.06 bits per heavy atom. The molecule has 0 atom stereocenters. The van der Waals surface area contributed by atoms with Gasteiger partial charge in [-0.1, -0.05) is 73.6 Å². The van der Waals surface area contributed by atoms with Crippen molar-refractivity contribution in [3.8, 4) is 11.4 Å². The first-order chi connectivity index (χ1) is 15.3. The van der Waals surface area contributed by atoms with Crippen LogP contribution in [0.3, 0.4) is 0 Å². The third-order valence-electron chi connectivity index (χ3n) is 5.05. The van der Waals surface area contributed by atoms with Gasteiger partial charge in [0, 0.05) is 24.9 Å². The maximum absolute atomic E-state index is 12.2. The number of nitrogens with one attached hydrogen (secondary N) is 1. The highest BCUT2D eigenvalue weighted by Gasteiger charge is 2.13. The molecule has 8 heteroatoms. The fourth-order valence-corrected chi connectivity index (χ4v) is 4.65. The van der Waals surface area contributed by atoms with Crippen molar-refractivity contribution in [2.24, 2.45) is 0 Å². The second-order valence-corrected chi connectivity index (χ2v) is 10.3. The van der Waals surface area contributed by atoms with Gasteiger partial charge in [0.2, 0.25) is 17.6 Å². The minimum absolute atomic E-state index is 0.0154. The monoisotopic (exact) mass is 455 g/mol. The topological polar surface area (TPSA) is 102 Å². The number of sulfone groups is 1. The maximum atomic E-state index is 12.2. The van der Waals surface area contributed by atoms with Gasteiger partial charge in [-0.3, -0.25) is 4.79 Å². The van der Waals surface area contributed by atoms with E-state index in [1.165, 1.54) is 5.56 Å². The standard InChI is InChI=1S/C24H29N3O4S/c1-18(2)20-9-11-21(12-10-20)24-26-23(31-27-24)14-13-22(28)25-15-6-16-32(29,30)17-19-7-4-3-5-8-19/h3-5,7-12,18H,6,13-17H2,1-2H3,(H,25,28). The van der Waals surface area contributed by atoms with E-state index in [-0.39, 0.29) is 23.8 Å². The summed E-state index contributed by atoms with van der Waals surface area (Å²) in [6.07, 6.45) is 0.901. The summed E-state index contributed by atoms with van der Waals surface area (Å²) >= 11 is 0. The Morgan fingerprint density at radius 2 is 1.78 bits per heavy atom. The Bertz CT molecular complexity index is 1110. The van der Waals surface area contributed by atoms with Crippen LogP contribution in [0.1, 0.15) is 49.6 Å². The fraction of sp³-hybridized carbons (Fsp3) is 0.375. The molecule has 1 amide bonds. The lowest BCUT2D eigenvalue weighted by atomic mass is 10.0. The second-order valence-electron chi connectivity index (χ2n) is 8.07. The maximum Gasteiger partial charge on any atom is 0.227 e. The summed E-state index contributed by atoms with van der Waals surface area (Å²) in [6.45, 7) is 4.58. The lowest BCUT2D eigenvalue weighted by molar-refractivity contribution is -0.121. The third-order valence-corrected chi connectivity index (χ3v) is 6.74. The van der Waals surface area contributed by atoms with Gasteiger partial charge in [-0.05, 0) is 23.5 Å². The van der Waals surface area contributed by atoms with Crippen LogP contribution in [0.5, 0.6) is 0 Å². The molecule has 0 aliphatic carbocycles. The van der Waals surface area contributed by atoms with Gasteiger partial charge >= 0.3 is 0 Å². The Kier molecular flexibility index (Phi) is 8.16. The molecule has 32 heavy (non-hydrogen) atoms. The average molecular weight is 456 g/mol. The van der Waals surface area contributed by atoms with Crippen molar-refractivity contribution in [3.05, 3.63) is 71.6 Å². The molecule has 1 heterocycles. The van der Waals surface area contributed by atoms with Crippen LogP contribution in [0.25, 0.3) is 11.4 Å². The highest BCUT2D eigenvalue weighted by atomic mass is 32.2. The molecule has 0 fully saturated rings. The summed E-state index contributed by atoms with van der Waals surface area (Å²) in [5.41, 5.74) is 2.87. The van der Waals surface area contributed by atoms with Crippen LogP contribution < -0.4 is 5.32 Å². The predicted octanol–water partition coefficient (Wildman–Crippen LogP) is 3.91. The van der Waals surface area contributed by atoms with Crippen LogP contribution in [0.4, 0.5) is 0 Å². The van der Waals surface area contributed by atoms with E-state index < -0.39 is 9.84 Å². The molecular weight excluding hydrogens is 426 g/mol. The second kappa shape index (κ2) is 11.0. The van der Waals surface area contributed by atoms with Crippen molar-refractivity contribution in [1.82, 2.24) is 15.5 Å². The quantitative estimate of drug-likeness (QED) is 0.440. The van der Waals surface area contributed by atoms with E-state index in [1.807, 2.05) is 42.5 Å². The molecule has 0 aliphatic heterocycles. The van der Waals surface area contributed by atoms with Gasteiger partial charge in [0.1, 0.15) is 0 Å². The summed E-state index contributed by atoms with van der Waals surface area (Å²) in [4.78, 5) is 16.4. The van der Waals surface area contributed by atoms with Crippen LogP contribution in [-0.2, 0) is 26.8 Å². The van der Waals surface area contributed by atoms with Gasteiger partial charge in [-0.25, -0.2) is 8.42 Å². The summed E-state index contributed by atoms with van der Waals surface area (Å²) in [5.74, 6) is 1.22. The molecule has 0 bridgehead atoms. The van der Waals surface area contributed by atoms with Crippen LogP contribution in [0.2, 0.25) is 0 Å². The normalized spacial score (nSPS) is 11.6. The van der Waals surface area contributed by atoms with E-state index in [9.17, 15) is 13.2 Å². The van der Waals surface area contributed by atoms with Crippen molar-refractivity contribution in [1.29, 1.82) is 0 Å². The number of rotatable bonds is 11. The Hall–Kier alpha value is -3.00. The molecule has 1 N–H and O–H groups in total. The molecule has 1 aromatic heterocycles. The Balaban J connectivity index is 1.38. The van der Waals surface area contributed by atoms with Gasteiger partial charge in [0.15, 0.2) is 9.84 Å². The predicted molar refractivity (Wildman–Crippen MR) is 124 cm³/mol. The van der Waals surface area contributed by atoms with Crippen molar-refractivity contribution in [3.63, 3.8) is 0 Å². The number of amides is 1. The highest BCUT2D eigenvalue weighted by molar-refractivity contribution is 7.90. The summed E-state index contributed by atoms with van der Waals surface area (Å²) in [6, 6.07) is 17.1. The van der Waals surface area contributed by atoms with Crippen LogP contribution in [-0.4, -0.2) is 36.8 Å². The minimum atomic E-state index is -3.20. The molecule has 7 nitrogen and oxygen atoms in total. The molecule has 170 valence electrons. The van der Waals surface area contributed by atoms with Crippen molar-refractivity contribution in [2.75, 3.05) is 12.3 Å². The van der Waals surface area contributed by atoms with Gasteiger partial charge < -0.3 is 9.84 Å². The number of nitrogens with zero attached hydrogens (tertiary/aromatic N) is 2. The highest BCUT2D eigenvalue weighted by Crippen LogP contribution is 2.20. The number of hydrogen-bond donors (Lipinski definition) is 1. The van der Waals surface area contributed by atoms with E-state index in [4.69, 9.17) is 4.52 Å². The van der Waals surface area contributed by atoms with Crippen LogP contribution >= 0.6 is 0 Å². The first-order valence-corrected chi connectivity index (χ1v) is 12.6. The molecular formula is C24H29N3O4S. The van der Waals surface area contributed by atoms with Crippen molar-refractivity contribution >= 4 is 15.7 Å². The molecule has 3 rings (SSSR count). The van der Waals surface area contributed by atoms with Crippen LogP contribution in [0, 0.1) is 0 Å². The first-order valence-electron chi connectivity index (χ1n) is 10.8. The average Bonchev–Trinajstić information content (AvgIpc) is 3.25. The van der Waals surface area contributed by atoms with E-state index in [2.05, 4.69) is 29.3 Å². The summed E-state index contributed by atoms with van der Waals surface area (Å²) in [7, 11) is -3.20. The zero-order chi connectivity index (χ0) is 23.0. The molecule has 0 saturated carbocycles. The zero-order valence-electron chi connectivity index (χ0n) is 18.5. The smallest absolute Gasteiger partial charge is 0.227 e. The van der Waals surface area contributed by atoms with Gasteiger partial charge in [0.25, 0.3) is 0 Å². The largest absolute Gasteiger partial charge is 0.356 e. The van der Waals surface area contributed by atoms with E-state index in [0.29, 0.717) is 37.0 Å². The Morgan fingerprint density at radius 3 is 2.47 bits per heavy atom. The van der Waals surface area contributed by atoms with Crippen molar-refractivity contribution in [2.45, 2.75) is 44.8 Å². The lowest BCUT2D eigenvalue weighted by Crippen LogP contribution is -2.26. The minimum Gasteiger partial charge on any atom is -0.356 e. The van der Waals surface area contributed by atoms with E-state index in [1.54, 1.807) is 12.1 Å². The first kappa shape index (κ1) is 23.7. The molecule has 2 aromatic carbocycles. The zero-order valence-corrected chi connectivity index (χ0v) is 19.3. The molecule has 0 radical (unpaired) electrons. The van der Waals surface area contributed by atoms with Crippen molar-refractivity contribution < 1.29 is 17.7 Å². The Labute approximate surface area is 189 Å². The molecule has 0 unspecified atom stereocenters. The lowest BCUT2D eigenvalue weighted by Gasteiger charge is -2.06. The fourth-order valence-electron chi connectivity index (χ4n) is 3.22. The summed E-state index contributed by atoms with van der Waals surface area (Å²) in [5, 5.41) is 6.74. The number of benzene rings is 2. The number of hydrogen-bond acceptors (Lipinski definition) is 6. The van der Waals surface area contributed by atoms with Crippen LogP contribution in [0.15, 0.2) is 59.1 Å². The van der Waals surface area contributed by atoms with Gasteiger partial charge in [0.05, 0.1) is 11.5 Å². The molecule has 3 aromatic rings. The molecule has 0 saturated heterocycles. The van der Waals surface area contributed by atoms with Gasteiger partial charge in [-0.2, -0.15) is 4.98 Å². The number of aromatic nitrogens is 2. The van der Waals surface area contributed by atoms with E-state index >= 15 is 0 Å². The number of aryl methyl sites for hydroxylation is 1. The molecule has 0 aliphatic rings.